The molecule has 1 fully saturated rings. The second-order valence-corrected chi connectivity index (χ2v) is 6.98. The van der Waals surface area contributed by atoms with Crippen LogP contribution in [0.1, 0.15) is 12.8 Å². The molecule has 1 aliphatic heterocycles. The maximum atomic E-state index is 11.5. The third kappa shape index (κ3) is 3.34. The Bertz CT molecular complexity index is 566. The van der Waals surface area contributed by atoms with Crippen LogP contribution < -0.4 is 15.8 Å². The fourth-order valence-electron chi connectivity index (χ4n) is 2.40. The number of rotatable bonds is 4. The van der Waals surface area contributed by atoms with Crippen LogP contribution in [0.4, 0.5) is 11.4 Å². The van der Waals surface area contributed by atoms with Gasteiger partial charge in [0.15, 0.2) is 0 Å². The number of nitrogen functional groups attached to an aromatic ring is 1. The van der Waals surface area contributed by atoms with Crippen LogP contribution in [0, 0.1) is 0 Å². The first-order chi connectivity index (χ1) is 9.41. The molecule has 0 spiro atoms. The van der Waals surface area contributed by atoms with Gasteiger partial charge in [-0.3, -0.25) is 0 Å². The van der Waals surface area contributed by atoms with E-state index in [2.05, 4.69) is 5.32 Å². The van der Waals surface area contributed by atoms with Crippen molar-refractivity contribution in [1.82, 2.24) is 4.31 Å². The molecule has 2 rings (SSSR count). The molecular formula is C13H21N3O3S. The molecule has 7 heteroatoms. The van der Waals surface area contributed by atoms with Gasteiger partial charge in [0.1, 0.15) is 5.75 Å². The Morgan fingerprint density at radius 3 is 2.55 bits per heavy atom. The Morgan fingerprint density at radius 2 is 2.00 bits per heavy atom. The first-order valence-electron chi connectivity index (χ1n) is 6.56. The highest BCUT2D eigenvalue weighted by Crippen LogP contribution is 2.30. The average molecular weight is 299 g/mol. The topological polar surface area (TPSA) is 84.7 Å². The minimum atomic E-state index is -3.08. The maximum Gasteiger partial charge on any atom is 0.211 e. The van der Waals surface area contributed by atoms with Crippen LogP contribution in [0.3, 0.4) is 0 Å². The van der Waals surface area contributed by atoms with Gasteiger partial charge in [-0.05, 0) is 25.0 Å². The maximum absolute atomic E-state index is 11.5. The lowest BCUT2D eigenvalue weighted by molar-refractivity contribution is 0.332. The lowest BCUT2D eigenvalue weighted by atomic mass is 10.1. The van der Waals surface area contributed by atoms with E-state index in [1.54, 1.807) is 7.11 Å². The van der Waals surface area contributed by atoms with E-state index >= 15 is 0 Å². The quantitative estimate of drug-likeness (QED) is 0.814. The largest absolute Gasteiger partial charge is 0.495 e. The summed E-state index contributed by atoms with van der Waals surface area (Å²) in [5.74, 6) is 0.642. The number of methoxy groups -OCH3 is 1. The van der Waals surface area contributed by atoms with E-state index in [0.717, 1.165) is 18.5 Å². The Labute approximate surface area is 120 Å². The molecule has 0 aromatic heterocycles. The Hall–Kier alpha value is -1.47. The number of anilines is 2. The number of hydrogen-bond donors (Lipinski definition) is 2. The minimum absolute atomic E-state index is 0.224. The molecule has 112 valence electrons. The van der Waals surface area contributed by atoms with Crippen molar-refractivity contribution in [3.05, 3.63) is 18.2 Å². The zero-order chi connectivity index (χ0) is 14.8. The van der Waals surface area contributed by atoms with Gasteiger partial charge in [0.25, 0.3) is 0 Å². The second-order valence-electron chi connectivity index (χ2n) is 5.00. The van der Waals surface area contributed by atoms with Crippen molar-refractivity contribution in [1.29, 1.82) is 0 Å². The molecule has 3 N–H and O–H groups in total. The zero-order valence-electron chi connectivity index (χ0n) is 11.8. The SMILES string of the molecule is COc1cccc(NC2CCN(S(C)(=O)=O)CC2)c1N. The van der Waals surface area contributed by atoms with Gasteiger partial charge in [-0.1, -0.05) is 6.07 Å². The van der Waals surface area contributed by atoms with Crippen LogP contribution in [0.5, 0.6) is 5.75 Å². The molecule has 0 atom stereocenters. The molecule has 1 aromatic rings. The third-order valence-electron chi connectivity index (χ3n) is 3.57. The number of ether oxygens (including phenoxy) is 1. The van der Waals surface area contributed by atoms with Gasteiger partial charge < -0.3 is 15.8 Å². The van der Waals surface area contributed by atoms with Crippen LogP contribution in [0.2, 0.25) is 0 Å². The van der Waals surface area contributed by atoms with E-state index in [1.807, 2.05) is 18.2 Å². The van der Waals surface area contributed by atoms with Gasteiger partial charge in [-0.25, -0.2) is 12.7 Å². The van der Waals surface area contributed by atoms with Gasteiger partial charge in [-0.2, -0.15) is 0 Å². The molecule has 0 bridgehead atoms. The van der Waals surface area contributed by atoms with E-state index in [4.69, 9.17) is 10.5 Å². The van der Waals surface area contributed by atoms with Crippen LogP contribution in [-0.4, -0.2) is 45.2 Å². The Kier molecular flexibility index (Phi) is 4.39. The number of benzene rings is 1. The molecule has 0 aliphatic carbocycles. The highest BCUT2D eigenvalue weighted by atomic mass is 32.2. The third-order valence-corrected chi connectivity index (χ3v) is 4.87. The van der Waals surface area contributed by atoms with Crippen LogP contribution in [-0.2, 0) is 10.0 Å². The predicted octanol–water partition coefficient (Wildman–Crippen LogP) is 1.11. The highest BCUT2D eigenvalue weighted by Gasteiger charge is 2.25. The van der Waals surface area contributed by atoms with E-state index in [9.17, 15) is 8.42 Å². The van der Waals surface area contributed by atoms with Gasteiger partial charge >= 0.3 is 0 Å². The summed E-state index contributed by atoms with van der Waals surface area (Å²) < 4.78 is 29.6. The van der Waals surface area contributed by atoms with Crippen molar-refractivity contribution >= 4 is 21.4 Å². The Morgan fingerprint density at radius 1 is 1.35 bits per heavy atom. The molecule has 0 radical (unpaired) electrons. The second kappa shape index (κ2) is 5.88. The summed E-state index contributed by atoms with van der Waals surface area (Å²) in [4.78, 5) is 0. The normalized spacial score (nSPS) is 17.9. The number of nitrogens with two attached hydrogens (primary N) is 1. The van der Waals surface area contributed by atoms with Crippen molar-refractivity contribution in [3.8, 4) is 5.75 Å². The molecule has 1 heterocycles. The van der Waals surface area contributed by atoms with E-state index in [0.29, 0.717) is 24.5 Å². The first-order valence-corrected chi connectivity index (χ1v) is 8.41. The number of nitrogens with zero attached hydrogens (tertiary/aromatic N) is 1. The lowest BCUT2D eigenvalue weighted by Gasteiger charge is -2.31. The molecule has 0 saturated carbocycles. The fourth-order valence-corrected chi connectivity index (χ4v) is 3.27. The van der Waals surface area contributed by atoms with Gasteiger partial charge in [0.2, 0.25) is 10.0 Å². The molecule has 0 amide bonds. The molecular weight excluding hydrogens is 278 g/mol. The zero-order valence-corrected chi connectivity index (χ0v) is 12.6. The summed E-state index contributed by atoms with van der Waals surface area (Å²) in [5.41, 5.74) is 7.43. The molecule has 20 heavy (non-hydrogen) atoms. The van der Waals surface area contributed by atoms with Crippen molar-refractivity contribution in [2.75, 3.05) is 37.5 Å². The van der Waals surface area contributed by atoms with Gasteiger partial charge in [0, 0.05) is 19.1 Å². The predicted molar refractivity (Wildman–Crippen MR) is 80.5 cm³/mol. The summed E-state index contributed by atoms with van der Waals surface area (Å²) in [5, 5.41) is 3.37. The summed E-state index contributed by atoms with van der Waals surface area (Å²) >= 11 is 0. The van der Waals surface area contributed by atoms with Crippen molar-refractivity contribution in [3.63, 3.8) is 0 Å². The minimum Gasteiger partial charge on any atom is -0.495 e. The summed E-state index contributed by atoms with van der Waals surface area (Å²) in [6.45, 7) is 1.08. The van der Waals surface area contributed by atoms with Crippen LogP contribution in [0.15, 0.2) is 18.2 Å². The molecule has 1 aliphatic rings. The molecule has 0 unspecified atom stereocenters. The van der Waals surface area contributed by atoms with Gasteiger partial charge in [0.05, 0.1) is 24.7 Å². The summed E-state index contributed by atoms with van der Waals surface area (Å²) in [6.07, 6.45) is 2.79. The highest BCUT2D eigenvalue weighted by molar-refractivity contribution is 7.88. The van der Waals surface area contributed by atoms with Crippen molar-refractivity contribution < 1.29 is 13.2 Å². The fraction of sp³-hybridized carbons (Fsp3) is 0.538. The monoisotopic (exact) mass is 299 g/mol. The number of piperidine rings is 1. The standard InChI is InChI=1S/C13H21N3O3S/c1-19-12-5-3-4-11(13(12)14)15-10-6-8-16(9-7-10)20(2,17)18/h3-5,10,15H,6-9,14H2,1-2H3. The smallest absolute Gasteiger partial charge is 0.211 e. The van der Waals surface area contributed by atoms with E-state index < -0.39 is 10.0 Å². The van der Waals surface area contributed by atoms with Crippen LogP contribution >= 0.6 is 0 Å². The lowest BCUT2D eigenvalue weighted by Crippen LogP contribution is -2.41. The number of nitrogens with one attached hydrogen (secondary N) is 1. The molecule has 1 aromatic carbocycles. The molecule has 1 saturated heterocycles. The first kappa shape index (κ1) is 14.9. The van der Waals surface area contributed by atoms with E-state index in [-0.39, 0.29) is 6.04 Å². The van der Waals surface area contributed by atoms with E-state index in [1.165, 1.54) is 10.6 Å². The van der Waals surface area contributed by atoms with Crippen molar-refractivity contribution in [2.24, 2.45) is 0 Å². The number of sulfonamides is 1. The average Bonchev–Trinajstić information content (AvgIpc) is 2.41. The summed E-state index contributed by atoms with van der Waals surface area (Å²) in [6, 6.07) is 5.82. The van der Waals surface area contributed by atoms with Crippen LogP contribution in [0.25, 0.3) is 0 Å². The number of para-hydroxylation sites is 1. The molecule has 6 nitrogen and oxygen atoms in total. The van der Waals surface area contributed by atoms with Crippen molar-refractivity contribution in [2.45, 2.75) is 18.9 Å². The Balaban J connectivity index is 2.00. The summed E-state index contributed by atoms with van der Waals surface area (Å²) in [7, 11) is -1.50. The number of hydrogen-bond acceptors (Lipinski definition) is 5. The van der Waals surface area contributed by atoms with Gasteiger partial charge in [-0.15, -0.1) is 0 Å².